The summed E-state index contributed by atoms with van der Waals surface area (Å²) in [5.41, 5.74) is 4.54. The molecule has 3 aromatic rings. The van der Waals surface area contributed by atoms with Crippen molar-refractivity contribution in [3.63, 3.8) is 0 Å². The molecule has 2 aliphatic rings. The van der Waals surface area contributed by atoms with Crippen molar-refractivity contribution in [2.24, 2.45) is 0 Å². The van der Waals surface area contributed by atoms with Crippen molar-refractivity contribution in [3.05, 3.63) is 36.2 Å². The summed E-state index contributed by atoms with van der Waals surface area (Å²) in [6, 6.07) is 6.21. The third-order valence-corrected chi connectivity index (χ3v) is 6.24. The molecule has 0 saturated carbocycles. The SMILES string of the molecule is CC.COc1cc2c(cc1OCCCN1CCCC1)[nH]c1ccnc(C3=CCNCC3)c12. The van der Waals surface area contributed by atoms with Crippen LogP contribution in [-0.4, -0.2) is 61.3 Å². The largest absolute Gasteiger partial charge is 0.493 e. The van der Waals surface area contributed by atoms with Gasteiger partial charge in [-0.2, -0.15) is 0 Å². The van der Waals surface area contributed by atoms with Crippen LogP contribution in [0.3, 0.4) is 0 Å². The lowest BCUT2D eigenvalue weighted by molar-refractivity contribution is 0.254. The molecule has 32 heavy (non-hydrogen) atoms. The molecule has 172 valence electrons. The summed E-state index contributed by atoms with van der Waals surface area (Å²) in [4.78, 5) is 10.8. The molecule has 5 rings (SSSR count). The summed E-state index contributed by atoms with van der Waals surface area (Å²) in [5, 5.41) is 5.68. The smallest absolute Gasteiger partial charge is 0.163 e. The number of fused-ring (bicyclic) bond motifs is 3. The second-order valence-electron chi connectivity index (χ2n) is 8.19. The number of aromatic amines is 1. The summed E-state index contributed by atoms with van der Waals surface area (Å²) in [5.74, 6) is 1.58. The normalized spacial score (nSPS) is 16.7. The first-order valence-electron chi connectivity index (χ1n) is 12.1. The van der Waals surface area contributed by atoms with Crippen LogP contribution in [0.5, 0.6) is 11.5 Å². The van der Waals surface area contributed by atoms with Gasteiger partial charge in [0.2, 0.25) is 0 Å². The zero-order chi connectivity index (χ0) is 22.3. The number of benzene rings is 1. The summed E-state index contributed by atoms with van der Waals surface area (Å²) >= 11 is 0. The Balaban J connectivity index is 0.00000119. The first-order chi connectivity index (χ1) is 15.8. The topological polar surface area (TPSA) is 62.4 Å². The van der Waals surface area contributed by atoms with Gasteiger partial charge in [-0.3, -0.25) is 4.98 Å². The Kier molecular flexibility index (Phi) is 7.66. The van der Waals surface area contributed by atoms with Gasteiger partial charge in [-0.05, 0) is 63.0 Å². The Bertz CT molecular complexity index is 1070. The monoisotopic (exact) mass is 436 g/mol. The van der Waals surface area contributed by atoms with E-state index in [1.54, 1.807) is 7.11 Å². The third kappa shape index (κ3) is 4.76. The minimum Gasteiger partial charge on any atom is -0.493 e. The Morgan fingerprint density at radius 3 is 2.69 bits per heavy atom. The predicted molar refractivity (Wildman–Crippen MR) is 133 cm³/mol. The maximum absolute atomic E-state index is 6.13. The van der Waals surface area contributed by atoms with E-state index < -0.39 is 0 Å². The molecule has 2 aromatic heterocycles. The van der Waals surface area contributed by atoms with Gasteiger partial charge in [0.1, 0.15) is 0 Å². The lowest BCUT2D eigenvalue weighted by Gasteiger charge is -2.16. The van der Waals surface area contributed by atoms with Crippen LogP contribution >= 0.6 is 0 Å². The molecule has 1 saturated heterocycles. The first-order valence-corrected chi connectivity index (χ1v) is 12.1. The zero-order valence-corrected chi connectivity index (χ0v) is 19.7. The van der Waals surface area contributed by atoms with Crippen LogP contribution in [0, 0.1) is 0 Å². The number of hydrogen-bond donors (Lipinski definition) is 2. The van der Waals surface area contributed by atoms with Gasteiger partial charge >= 0.3 is 0 Å². The van der Waals surface area contributed by atoms with Crippen LogP contribution < -0.4 is 14.8 Å². The lowest BCUT2D eigenvalue weighted by Crippen LogP contribution is -2.21. The van der Waals surface area contributed by atoms with E-state index in [0.717, 1.165) is 66.1 Å². The molecule has 4 heterocycles. The van der Waals surface area contributed by atoms with Crippen LogP contribution in [0.2, 0.25) is 0 Å². The summed E-state index contributed by atoms with van der Waals surface area (Å²) in [6.07, 6.45) is 8.83. The number of likely N-dealkylation sites (tertiary alicyclic amines) is 1. The van der Waals surface area contributed by atoms with Crippen molar-refractivity contribution in [1.82, 2.24) is 20.2 Å². The fraction of sp³-hybridized carbons (Fsp3) is 0.500. The third-order valence-electron chi connectivity index (χ3n) is 6.24. The fourth-order valence-electron chi connectivity index (χ4n) is 4.68. The minimum absolute atomic E-state index is 0.700. The van der Waals surface area contributed by atoms with Crippen molar-refractivity contribution in [2.45, 2.75) is 39.5 Å². The number of H-pyrrole nitrogens is 1. The van der Waals surface area contributed by atoms with E-state index in [1.165, 1.54) is 36.9 Å². The second kappa shape index (κ2) is 10.8. The Hall–Kier alpha value is -2.57. The average Bonchev–Trinajstić information content (AvgIpc) is 3.50. The van der Waals surface area contributed by atoms with E-state index in [-0.39, 0.29) is 0 Å². The molecule has 1 fully saturated rings. The number of pyridine rings is 1. The summed E-state index contributed by atoms with van der Waals surface area (Å²) in [6.45, 7) is 10.2. The number of methoxy groups -OCH3 is 1. The maximum Gasteiger partial charge on any atom is 0.163 e. The van der Waals surface area contributed by atoms with Crippen LogP contribution in [-0.2, 0) is 0 Å². The molecule has 0 spiro atoms. The number of rotatable bonds is 7. The van der Waals surface area contributed by atoms with E-state index >= 15 is 0 Å². The van der Waals surface area contributed by atoms with Crippen molar-refractivity contribution in [1.29, 1.82) is 0 Å². The summed E-state index contributed by atoms with van der Waals surface area (Å²) < 4.78 is 11.8. The number of aromatic nitrogens is 2. The van der Waals surface area contributed by atoms with Gasteiger partial charge in [0, 0.05) is 36.1 Å². The molecule has 0 unspecified atom stereocenters. The van der Waals surface area contributed by atoms with Gasteiger partial charge < -0.3 is 24.7 Å². The summed E-state index contributed by atoms with van der Waals surface area (Å²) in [7, 11) is 1.71. The number of nitrogens with one attached hydrogen (secondary N) is 2. The van der Waals surface area contributed by atoms with Crippen molar-refractivity contribution in [2.75, 3.05) is 46.4 Å². The van der Waals surface area contributed by atoms with E-state index in [4.69, 9.17) is 14.5 Å². The molecule has 6 nitrogen and oxygen atoms in total. The van der Waals surface area contributed by atoms with Crippen LogP contribution in [0.4, 0.5) is 0 Å². The molecule has 0 amide bonds. The van der Waals surface area contributed by atoms with Crippen LogP contribution in [0.15, 0.2) is 30.5 Å². The molecule has 2 N–H and O–H groups in total. The second-order valence-corrected chi connectivity index (χ2v) is 8.19. The molecule has 0 aliphatic carbocycles. The Morgan fingerprint density at radius 1 is 1.09 bits per heavy atom. The van der Waals surface area contributed by atoms with Crippen molar-refractivity contribution < 1.29 is 9.47 Å². The lowest BCUT2D eigenvalue weighted by atomic mass is 10.0. The van der Waals surface area contributed by atoms with Crippen molar-refractivity contribution in [3.8, 4) is 11.5 Å². The Morgan fingerprint density at radius 2 is 1.94 bits per heavy atom. The van der Waals surface area contributed by atoms with Crippen LogP contribution in [0.25, 0.3) is 27.4 Å². The first kappa shape index (κ1) is 22.6. The minimum atomic E-state index is 0.700. The molecule has 2 aliphatic heterocycles. The highest BCUT2D eigenvalue weighted by molar-refractivity contribution is 6.12. The van der Waals surface area contributed by atoms with Gasteiger partial charge in [0.05, 0.1) is 30.4 Å². The maximum atomic E-state index is 6.13. The highest BCUT2D eigenvalue weighted by Gasteiger charge is 2.18. The quantitative estimate of drug-likeness (QED) is 0.511. The zero-order valence-electron chi connectivity index (χ0n) is 19.7. The number of ether oxygens (including phenoxy) is 2. The molecule has 0 radical (unpaired) electrons. The molecule has 6 heteroatoms. The highest BCUT2D eigenvalue weighted by atomic mass is 16.5. The van der Waals surface area contributed by atoms with E-state index in [2.05, 4.69) is 33.4 Å². The van der Waals surface area contributed by atoms with Gasteiger partial charge in [0.15, 0.2) is 11.5 Å². The van der Waals surface area contributed by atoms with Gasteiger partial charge in [-0.15, -0.1) is 0 Å². The average molecular weight is 437 g/mol. The highest BCUT2D eigenvalue weighted by Crippen LogP contribution is 2.38. The molecular formula is C26H36N4O2. The molecule has 1 aromatic carbocycles. The molecule has 0 bridgehead atoms. The fourth-order valence-corrected chi connectivity index (χ4v) is 4.68. The van der Waals surface area contributed by atoms with Gasteiger partial charge in [-0.1, -0.05) is 19.9 Å². The van der Waals surface area contributed by atoms with Gasteiger partial charge in [-0.25, -0.2) is 0 Å². The Labute approximate surface area is 191 Å². The standard InChI is InChI=1S/C24H30N4O2.C2H6/c1-29-21-15-18-20(16-22(21)30-14-4-13-28-11-2-3-12-28)27-19-7-10-26-24(23(18)19)17-5-8-25-9-6-17;1-2/h5,7,10,15-16,25,27H,2-4,6,8-9,11-14H2,1H3;1-2H3. The predicted octanol–water partition coefficient (Wildman–Crippen LogP) is 4.99. The number of nitrogens with zero attached hydrogens (tertiary/aromatic N) is 2. The van der Waals surface area contributed by atoms with E-state index in [9.17, 15) is 0 Å². The molecular weight excluding hydrogens is 400 g/mol. The number of hydrogen-bond acceptors (Lipinski definition) is 5. The van der Waals surface area contributed by atoms with Crippen molar-refractivity contribution >= 4 is 27.4 Å². The van der Waals surface area contributed by atoms with Crippen LogP contribution in [0.1, 0.15) is 45.2 Å². The van der Waals surface area contributed by atoms with Gasteiger partial charge in [0.25, 0.3) is 0 Å². The molecule has 0 atom stereocenters. The van der Waals surface area contributed by atoms with E-state index in [1.807, 2.05) is 26.1 Å². The van der Waals surface area contributed by atoms with E-state index in [0.29, 0.717) is 6.61 Å².